The Kier molecular flexibility index (Phi) is 6.63. The Morgan fingerprint density at radius 1 is 1.04 bits per heavy atom. The largest absolute Gasteiger partial charge is 0.497 e. The van der Waals surface area contributed by atoms with Crippen LogP contribution in [0.2, 0.25) is 5.02 Å². The van der Waals surface area contributed by atoms with Crippen LogP contribution >= 0.6 is 11.6 Å². The Hall–Kier alpha value is -2.09. The first-order valence-corrected chi connectivity index (χ1v) is 9.82. The van der Waals surface area contributed by atoms with Crippen LogP contribution in [0.25, 0.3) is 0 Å². The van der Waals surface area contributed by atoms with Gasteiger partial charge in [-0.05, 0) is 54.4 Å². The van der Waals surface area contributed by atoms with Crippen LogP contribution in [0, 0.1) is 5.92 Å². The van der Waals surface area contributed by atoms with Gasteiger partial charge in [-0.1, -0.05) is 25.4 Å². The normalized spacial score (nSPS) is 12.7. The molecule has 1 amide bonds. The maximum Gasteiger partial charge on any atom is 0.242 e. The molecule has 0 saturated carbocycles. The molecule has 0 aliphatic rings. The van der Waals surface area contributed by atoms with Gasteiger partial charge in [0, 0.05) is 10.7 Å². The maximum absolute atomic E-state index is 12.6. The van der Waals surface area contributed by atoms with Crippen molar-refractivity contribution >= 4 is 33.2 Å². The van der Waals surface area contributed by atoms with Crippen molar-refractivity contribution in [1.82, 2.24) is 4.72 Å². The van der Waals surface area contributed by atoms with Crippen molar-refractivity contribution in [2.24, 2.45) is 5.92 Å². The van der Waals surface area contributed by atoms with Crippen LogP contribution in [-0.2, 0) is 14.8 Å². The number of hydrogen-bond acceptors (Lipinski definition) is 4. The highest BCUT2D eigenvalue weighted by atomic mass is 35.5. The van der Waals surface area contributed by atoms with E-state index in [0.29, 0.717) is 16.5 Å². The highest BCUT2D eigenvalue weighted by molar-refractivity contribution is 7.89. The molecule has 2 aromatic rings. The number of nitrogens with one attached hydrogen (secondary N) is 2. The van der Waals surface area contributed by atoms with Gasteiger partial charge in [0.25, 0.3) is 0 Å². The standard InChI is InChI=1S/C18H21ClN2O4S/c1-12(2)17(18(22)20-14-6-8-15(25-3)9-7-14)21-26(23,24)16-10-4-13(19)5-11-16/h4-12,17,21H,1-3H3,(H,20,22)/t17-/m1/s1. The average molecular weight is 397 g/mol. The third-order valence-corrected chi connectivity index (χ3v) is 5.42. The number of anilines is 1. The number of benzene rings is 2. The fraction of sp³-hybridized carbons (Fsp3) is 0.278. The molecule has 0 aliphatic heterocycles. The van der Waals surface area contributed by atoms with Crippen molar-refractivity contribution in [3.63, 3.8) is 0 Å². The zero-order valence-corrected chi connectivity index (χ0v) is 16.3. The second-order valence-electron chi connectivity index (χ2n) is 6.01. The van der Waals surface area contributed by atoms with Gasteiger partial charge >= 0.3 is 0 Å². The van der Waals surface area contributed by atoms with Crippen LogP contribution in [0.4, 0.5) is 5.69 Å². The van der Waals surface area contributed by atoms with E-state index in [1.807, 2.05) is 0 Å². The zero-order valence-electron chi connectivity index (χ0n) is 14.7. The van der Waals surface area contributed by atoms with Gasteiger partial charge in [0.1, 0.15) is 11.8 Å². The second-order valence-corrected chi connectivity index (χ2v) is 8.17. The van der Waals surface area contributed by atoms with E-state index < -0.39 is 22.0 Å². The monoisotopic (exact) mass is 396 g/mol. The highest BCUT2D eigenvalue weighted by Gasteiger charge is 2.28. The van der Waals surface area contributed by atoms with E-state index in [9.17, 15) is 13.2 Å². The third-order valence-electron chi connectivity index (χ3n) is 3.71. The van der Waals surface area contributed by atoms with E-state index in [-0.39, 0.29) is 10.8 Å². The molecule has 1 atom stereocenters. The number of methoxy groups -OCH3 is 1. The maximum atomic E-state index is 12.6. The number of halogens is 1. The van der Waals surface area contributed by atoms with E-state index in [4.69, 9.17) is 16.3 Å². The molecule has 2 aromatic carbocycles. The molecule has 0 aliphatic carbocycles. The SMILES string of the molecule is COc1ccc(NC(=O)[C@H](NS(=O)(=O)c2ccc(Cl)cc2)C(C)C)cc1. The molecule has 0 heterocycles. The minimum atomic E-state index is -3.86. The van der Waals surface area contributed by atoms with Gasteiger partial charge in [0.05, 0.1) is 12.0 Å². The molecule has 2 rings (SSSR count). The van der Waals surface area contributed by atoms with Gasteiger partial charge in [-0.25, -0.2) is 8.42 Å². The van der Waals surface area contributed by atoms with Gasteiger partial charge in [-0.15, -0.1) is 0 Å². The van der Waals surface area contributed by atoms with Gasteiger partial charge in [-0.3, -0.25) is 4.79 Å². The number of carbonyl (C=O) groups excluding carboxylic acids is 1. The second kappa shape index (κ2) is 8.53. The molecule has 0 saturated heterocycles. The number of carbonyl (C=O) groups is 1. The zero-order chi connectivity index (χ0) is 19.3. The van der Waals surface area contributed by atoms with Crippen LogP contribution in [0.5, 0.6) is 5.75 Å². The van der Waals surface area contributed by atoms with Crippen LogP contribution in [0.15, 0.2) is 53.4 Å². The van der Waals surface area contributed by atoms with Crippen LogP contribution < -0.4 is 14.8 Å². The summed E-state index contributed by atoms with van der Waals surface area (Å²) in [6.45, 7) is 3.53. The summed E-state index contributed by atoms with van der Waals surface area (Å²) in [6.07, 6.45) is 0. The van der Waals surface area contributed by atoms with Crippen LogP contribution in [0.1, 0.15) is 13.8 Å². The lowest BCUT2D eigenvalue weighted by Crippen LogP contribution is -2.47. The van der Waals surface area contributed by atoms with Crippen molar-refractivity contribution in [1.29, 1.82) is 0 Å². The summed E-state index contributed by atoms with van der Waals surface area (Å²) < 4.78 is 32.6. The summed E-state index contributed by atoms with van der Waals surface area (Å²) in [4.78, 5) is 12.6. The van der Waals surface area contributed by atoms with Gasteiger partial charge < -0.3 is 10.1 Å². The third kappa shape index (κ3) is 5.20. The molecule has 6 nitrogen and oxygen atoms in total. The predicted molar refractivity (Wildman–Crippen MR) is 102 cm³/mol. The molecule has 140 valence electrons. The lowest BCUT2D eigenvalue weighted by Gasteiger charge is -2.21. The molecule has 26 heavy (non-hydrogen) atoms. The minimum absolute atomic E-state index is 0.0461. The summed E-state index contributed by atoms with van der Waals surface area (Å²) in [5.41, 5.74) is 0.548. The van der Waals surface area contributed by atoms with E-state index in [2.05, 4.69) is 10.0 Å². The number of rotatable bonds is 7. The first-order valence-electron chi connectivity index (χ1n) is 7.96. The van der Waals surface area contributed by atoms with Crippen LogP contribution in [0.3, 0.4) is 0 Å². The molecule has 2 N–H and O–H groups in total. The Morgan fingerprint density at radius 3 is 2.12 bits per heavy atom. The fourth-order valence-electron chi connectivity index (χ4n) is 2.24. The van der Waals surface area contributed by atoms with Crippen LogP contribution in [-0.4, -0.2) is 27.5 Å². The van der Waals surface area contributed by atoms with Crippen molar-refractivity contribution in [2.75, 3.05) is 12.4 Å². The average Bonchev–Trinajstić information content (AvgIpc) is 2.60. The molecule has 0 aromatic heterocycles. The quantitative estimate of drug-likeness (QED) is 0.752. The van der Waals surface area contributed by atoms with Gasteiger partial charge in [0.2, 0.25) is 15.9 Å². The summed E-state index contributed by atoms with van der Waals surface area (Å²) in [5, 5.41) is 3.15. The van der Waals surface area contributed by atoms with Crippen molar-refractivity contribution in [3.8, 4) is 5.75 Å². The molecule has 0 spiro atoms. The smallest absolute Gasteiger partial charge is 0.242 e. The molecule has 0 bridgehead atoms. The number of hydrogen-bond donors (Lipinski definition) is 2. The molecule has 0 unspecified atom stereocenters. The lowest BCUT2D eigenvalue weighted by atomic mass is 10.0. The van der Waals surface area contributed by atoms with Crippen molar-refractivity contribution in [2.45, 2.75) is 24.8 Å². The lowest BCUT2D eigenvalue weighted by molar-refractivity contribution is -0.118. The summed E-state index contributed by atoms with van der Waals surface area (Å²) in [7, 11) is -2.31. The molecular weight excluding hydrogens is 376 g/mol. The van der Waals surface area contributed by atoms with E-state index in [0.717, 1.165) is 0 Å². The predicted octanol–water partition coefficient (Wildman–Crippen LogP) is 3.29. The number of ether oxygens (including phenoxy) is 1. The highest BCUT2D eigenvalue weighted by Crippen LogP contribution is 2.18. The summed E-state index contributed by atoms with van der Waals surface area (Å²) >= 11 is 5.79. The van der Waals surface area contributed by atoms with Crippen molar-refractivity contribution < 1.29 is 17.9 Å². The number of amides is 1. The Labute approximate surface area is 158 Å². The first-order chi connectivity index (χ1) is 12.2. The Bertz CT molecular complexity index is 850. The molecule has 8 heteroatoms. The topological polar surface area (TPSA) is 84.5 Å². The van der Waals surface area contributed by atoms with E-state index in [1.54, 1.807) is 45.2 Å². The minimum Gasteiger partial charge on any atom is -0.497 e. The molecule has 0 fully saturated rings. The first kappa shape index (κ1) is 20.2. The number of sulfonamides is 1. The summed E-state index contributed by atoms with van der Waals surface area (Å²) in [6, 6.07) is 11.6. The van der Waals surface area contributed by atoms with Gasteiger partial charge in [-0.2, -0.15) is 4.72 Å². The Morgan fingerprint density at radius 2 is 1.62 bits per heavy atom. The van der Waals surface area contributed by atoms with E-state index in [1.165, 1.54) is 24.3 Å². The van der Waals surface area contributed by atoms with E-state index >= 15 is 0 Å². The summed E-state index contributed by atoms with van der Waals surface area (Å²) in [5.74, 6) is -0.0371. The fourth-order valence-corrected chi connectivity index (χ4v) is 3.71. The van der Waals surface area contributed by atoms with Gasteiger partial charge in [0.15, 0.2) is 0 Å². The Balaban J connectivity index is 2.16. The van der Waals surface area contributed by atoms with Crippen molar-refractivity contribution in [3.05, 3.63) is 53.6 Å². The molecule has 0 radical (unpaired) electrons. The molecular formula is C18H21ClN2O4S.